The predicted octanol–water partition coefficient (Wildman–Crippen LogP) is 6.02. The summed E-state index contributed by atoms with van der Waals surface area (Å²) in [5.74, 6) is 0. The Kier molecular flexibility index (Phi) is 13.6. The van der Waals surface area contributed by atoms with E-state index < -0.39 is 0 Å². The Morgan fingerprint density at radius 3 is 1.43 bits per heavy atom. The largest absolute Gasteiger partial charge is 0.349 e. The molecule has 4 aromatic heterocycles. The van der Waals surface area contributed by atoms with Crippen LogP contribution < -0.4 is 34.4 Å². The molecule has 0 fully saturated rings. The van der Waals surface area contributed by atoms with Gasteiger partial charge in [-0.2, -0.15) is 0 Å². The third-order valence-electron chi connectivity index (χ3n) is 7.62. The molecule has 2 aliphatic heterocycles. The maximum absolute atomic E-state index is 4.41. The predicted molar refractivity (Wildman–Crippen MR) is 188 cm³/mol. The molecule has 4 aromatic rings. The summed E-state index contributed by atoms with van der Waals surface area (Å²) in [6, 6.07) is 17.8. The molecule has 0 amide bonds. The molecule has 44 heavy (non-hydrogen) atoms. The van der Waals surface area contributed by atoms with E-state index in [1.807, 2.05) is 0 Å². The first-order valence-corrected chi connectivity index (χ1v) is 16.8. The number of aromatic nitrogens is 4. The molecule has 2 aliphatic rings. The van der Waals surface area contributed by atoms with Crippen molar-refractivity contribution in [3.63, 3.8) is 0 Å². The van der Waals surface area contributed by atoms with Gasteiger partial charge in [-0.05, 0) is 55.1 Å². The highest BCUT2D eigenvalue weighted by atomic mass is 15.2. The van der Waals surface area contributed by atoms with Crippen LogP contribution in [-0.4, -0.2) is 4.57 Å². The second kappa shape index (κ2) is 16.4. The highest BCUT2D eigenvalue weighted by Gasteiger charge is 2.26. The van der Waals surface area contributed by atoms with Crippen molar-refractivity contribution < 1.29 is 13.1 Å². The van der Waals surface area contributed by atoms with Crippen LogP contribution in [0.1, 0.15) is 145 Å². The average Bonchev–Trinajstić information content (AvgIpc) is 3.77. The van der Waals surface area contributed by atoms with Gasteiger partial charge in [-0.1, -0.05) is 130 Å². The van der Waals surface area contributed by atoms with E-state index in [0.717, 1.165) is 22.1 Å². The van der Waals surface area contributed by atoms with Crippen LogP contribution in [0.25, 0.3) is 22.3 Å². The molecule has 0 aromatic carbocycles. The molecular weight excluding hydrogens is 536 g/mol. The average molecular weight is 597 g/mol. The monoisotopic (exact) mass is 596 g/mol. The molecule has 0 saturated carbocycles. The Morgan fingerprint density at radius 2 is 0.977 bits per heavy atom. The Hall–Kier alpha value is -3.66. The summed E-state index contributed by atoms with van der Waals surface area (Å²) in [6.07, 6.45) is 5.10. The van der Waals surface area contributed by atoms with E-state index in [4.69, 9.17) is 0 Å². The lowest BCUT2D eigenvalue weighted by atomic mass is 10.2. The van der Waals surface area contributed by atoms with Gasteiger partial charge in [0.15, 0.2) is 0 Å². The number of hydrogen-bond donors (Lipinski definition) is 0. The van der Waals surface area contributed by atoms with Gasteiger partial charge in [0.1, 0.15) is 27.8 Å². The number of nitrogens with zero attached hydrogens (tertiary/aromatic N) is 4. The second-order valence-electron chi connectivity index (χ2n) is 12.0. The van der Waals surface area contributed by atoms with Crippen molar-refractivity contribution in [1.82, 2.24) is 4.57 Å². The first-order chi connectivity index (χ1) is 21.0. The lowest BCUT2D eigenvalue weighted by molar-refractivity contribution is -0.727. The zero-order valence-electron chi connectivity index (χ0n) is 30.2. The van der Waals surface area contributed by atoms with Crippen molar-refractivity contribution >= 4 is 22.3 Å². The molecule has 0 radical (unpaired) electrons. The number of rotatable bonds is 0. The molecule has 1 atom stereocenters. The molecule has 0 spiro atoms. The minimum Gasteiger partial charge on any atom is -0.349 e. The molecule has 6 rings (SSSR count). The maximum atomic E-state index is 4.41. The van der Waals surface area contributed by atoms with E-state index in [-0.39, 0.29) is 6.17 Å². The van der Waals surface area contributed by atoms with Gasteiger partial charge in [-0.15, -0.1) is 0 Å². The molecule has 0 saturated heterocycles. The lowest BCUT2D eigenvalue weighted by Crippen LogP contribution is -2.54. The third kappa shape index (κ3) is 6.85. The van der Waals surface area contributed by atoms with E-state index in [1.54, 1.807) is 0 Å². The van der Waals surface area contributed by atoms with Gasteiger partial charge in [0.05, 0.1) is 19.1 Å². The van der Waals surface area contributed by atoms with Crippen molar-refractivity contribution in [3.05, 3.63) is 106 Å². The summed E-state index contributed by atoms with van der Waals surface area (Å²) >= 11 is 0. The van der Waals surface area contributed by atoms with E-state index in [2.05, 4.69) is 170 Å². The first-order valence-electron chi connectivity index (χ1n) is 16.8. The van der Waals surface area contributed by atoms with Crippen LogP contribution in [0.3, 0.4) is 0 Å². The van der Waals surface area contributed by atoms with Crippen molar-refractivity contribution in [2.24, 2.45) is 0 Å². The molecule has 0 N–H and O–H groups in total. The van der Waals surface area contributed by atoms with Crippen LogP contribution in [0.2, 0.25) is 0 Å². The molecule has 1 unspecified atom stereocenters. The SMILES string of the molecule is C=[n+]1c2cc[c-]1C(C)=c1ccc3n1C(C)[n+]1c(cc[c-]1C(C)=c1cc[c-]([n+]1=C)C=3C)C=2C.CCC.CCC.CCC.CCC. The summed E-state index contributed by atoms with van der Waals surface area (Å²) in [6.45, 7) is 37.0. The molecule has 6 heterocycles. The summed E-state index contributed by atoms with van der Waals surface area (Å²) in [5.41, 5.74) is 9.63. The first kappa shape index (κ1) is 36.5. The lowest BCUT2D eigenvalue weighted by Gasteiger charge is -2.23. The fourth-order valence-electron chi connectivity index (χ4n) is 5.81. The zero-order chi connectivity index (χ0) is 33.3. The Bertz CT molecular complexity index is 1750. The topological polar surface area (TPSA) is 20.6 Å². The van der Waals surface area contributed by atoms with E-state index in [0.29, 0.717) is 0 Å². The van der Waals surface area contributed by atoms with E-state index in [1.165, 1.54) is 70.1 Å². The minimum atomic E-state index is 0.0960. The van der Waals surface area contributed by atoms with Gasteiger partial charge < -0.3 is 4.57 Å². The molecule has 4 nitrogen and oxygen atoms in total. The summed E-state index contributed by atoms with van der Waals surface area (Å²) in [4.78, 5) is 0. The molecular formula is C40H60N4. The normalized spacial score (nSPS) is 14.2. The summed E-state index contributed by atoms with van der Waals surface area (Å²) in [5, 5.41) is 4.72. The Morgan fingerprint density at radius 1 is 0.591 bits per heavy atom. The number of fused-ring (bicyclic) bond motifs is 4. The van der Waals surface area contributed by atoms with Gasteiger partial charge in [0.2, 0.25) is 6.17 Å². The van der Waals surface area contributed by atoms with Crippen LogP contribution in [0.5, 0.6) is 0 Å². The van der Waals surface area contributed by atoms with Crippen molar-refractivity contribution in [2.45, 2.75) is 122 Å². The summed E-state index contributed by atoms with van der Waals surface area (Å²) < 4.78 is 9.13. The second-order valence-corrected chi connectivity index (χ2v) is 12.0. The van der Waals surface area contributed by atoms with Gasteiger partial charge >= 0.3 is 0 Å². The Labute approximate surface area is 267 Å². The van der Waals surface area contributed by atoms with Gasteiger partial charge in [-0.25, -0.2) is 0 Å². The highest BCUT2D eigenvalue weighted by Crippen LogP contribution is 2.19. The van der Waals surface area contributed by atoms with Crippen molar-refractivity contribution in [1.29, 1.82) is 0 Å². The van der Waals surface area contributed by atoms with E-state index in [9.17, 15) is 0 Å². The van der Waals surface area contributed by atoms with Crippen molar-refractivity contribution in [2.75, 3.05) is 0 Å². The van der Waals surface area contributed by atoms with Gasteiger partial charge in [0, 0.05) is 12.5 Å². The van der Waals surface area contributed by atoms with Crippen LogP contribution in [0, 0.1) is 13.4 Å². The highest BCUT2D eigenvalue weighted by molar-refractivity contribution is 5.65. The minimum absolute atomic E-state index is 0.0960. The fourth-order valence-corrected chi connectivity index (χ4v) is 5.81. The van der Waals surface area contributed by atoms with Gasteiger partial charge in [-0.3, -0.25) is 13.1 Å². The van der Waals surface area contributed by atoms with Crippen LogP contribution in [0.4, 0.5) is 0 Å². The van der Waals surface area contributed by atoms with Gasteiger partial charge in [0.25, 0.3) is 0 Å². The molecule has 0 aliphatic carbocycles. The van der Waals surface area contributed by atoms with Crippen molar-refractivity contribution in [3.8, 4) is 0 Å². The zero-order valence-corrected chi connectivity index (χ0v) is 30.2. The van der Waals surface area contributed by atoms with Crippen LogP contribution >= 0.6 is 0 Å². The van der Waals surface area contributed by atoms with E-state index >= 15 is 0 Å². The summed E-state index contributed by atoms with van der Waals surface area (Å²) in [7, 11) is 0. The van der Waals surface area contributed by atoms with Crippen LogP contribution in [0.15, 0.2) is 48.5 Å². The molecule has 4 heteroatoms. The molecule has 6 bridgehead atoms. The smallest absolute Gasteiger partial charge is 0.206 e. The quantitative estimate of drug-likeness (QED) is 0.175. The van der Waals surface area contributed by atoms with Crippen LogP contribution in [-0.2, 0) is 0 Å². The molecule has 240 valence electrons. The standard InChI is InChI=1S/C28H28N4.4C3H8/c1-16-21-8-9-22(29(21)6)17(2)27-14-15-28-19(4)24-11-10-23(30(24)7)18(3)26-13-12-25(16)31(26)20(5)32(27)28;4*1-3-2/h8-15,20H,6-7H2,1-5H3;4*3H2,1-2H3. The number of hydrogen-bond acceptors (Lipinski definition) is 0. The third-order valence-corrected chi connectivity index (χ3v) is 7.62. The maximum Gasteiger partial charge on any atom is 0.206 e. The Balaban J connectivity index is 0.000000492. The fraction of sp³-hybridized carbons (Fsp3) is 0.450.